The minimum atomic E-state index is 0.676. The smallest absolute Gasteiger partial charge is 0.0189 e. The average molecular weight is 239 g/mol. The number of nitrogens with one attached hydrogen (secondary N) is 1. The van der Waals surface area contributed by atoms with E-state index >= 15 is 0 Å². The maximum Gasteiger partial charge on any atom is 0.0189 e. The van der Waals surface area contributed by atoms with Crippen LogP contribution >= 0.6 is 0 Å². The van der Waals surface area contributed by atoms with Crippen LogP contribution in [0.2, 0.25) is 0 Å². The summed E-state index contributed by atoms with van der Waals surface area (Å²) < 4.78 is 0. The van der Waals surface area contributed by atoms with Crippen molar-refractivity contribution >= 4 is 0 Å². The molecule has 17 heavy (non-hydrogen) atoms. The van der Waals surface area contributed by atoms with E-state index in [4.69, 9.17) is 0 Å². The molecular formula is C14H29N3. The zero-order valence-electron chi connectivity index (χ0n) is 11.8. The van der Waals surface area contributed by atoms with E-state index in [2.05, 4.69) is 36.1 Å². The molecule has 100 valence electrons. The maximum atomic E-state index is 3.63. The first-order chi connectivity index (χ1) is 8.15. The summed E-state index contributed by atoms with van der Waals surface area (Å²) in [6.07, 6.45) is 5.55. The molecule has 2 rings (SSSR count). The Kier molecular flexibility index (Phi) is 4.83. The van der Waals surface area contributed by atoms with Crippen molar-refractivity contribution in [3.05, 3.63) is 0 Å². The minimum Gasteiger partial charge on any atom is -0.312 e. The first kappa shape index (κ1) is 13.3. The molecule has 1 atom stereocenters. The predicted molar refractivity (Wildman–Crippen MR) is 73.3 cm³/mol. The number of hydrogen-bond donors (Lipinski definition) is 1. The molecule has 2 fully saturated rings. The van der Waals surface area contributed by atoms with E-state index < -0.39 is 0 Å². The van der Waals surface area contributed by atoms with Gasteiger partial charge in [-0.05, 0) is 65.7 Å². The molecule has 0 aromatic heterocycles. The van der Waals surface area contributed by atoms with Gasteiger partial charge in [0, 0.05) is 25.2 Å². The molecule has 1 N–H and O–H groups in total. The van der Waals surface area contributed by atoms with Gasteiger partial charge in [-0.3, -0.25) is 0 Å². The van der Waals surface area contributed by atoms with Gasteiger partial charge in [0.2, 0.25) is 0 Å². The third kappa shape index (κ3) is 4.57. The molecule has 1 unspecified atom stereocenters. The van der Waals surface area contributed by atoms with Crippen molar-refractivity contribution in [2.45, 2.75) is 44.7 Å². The Morgan fingerprint density at radius 1 is 1.24 bits per heavy atom. The van der Waals surface area contributed by atoms with Crippen molar-refractivity contribution in [3.63, 3.8) is 0 Å². The van der Waals surface area contributed by atoms with Crippen LogP contribution in [-0.4, -0.2) is 62.2 Å². The van der Waals surface area contributed by atoms with Crippen molar-refractivity contribution < 1.29 is 0 Å². The van der Waals surface area contributed by atoms with E-state index in [1.54, 1.807) is 0 Å². The third-order valence-electron chi connectivity index (χ3n) is 4.42. The quantitative estimate of drug-likeness (QED) is 0.756. The highest BCUT2D eigenvalue weighted by Crippen LogP contribution is 2.20. The fourth-order valence-electron chi connectivity index (χ4n) is 2.61. The van der Waals surface area contributed by atoms with Gasteiger partial charge in [0.05, 0.1) is 0 Å². The molecule has 3 nitrogen and oxygen atoms in total. The summed E-state index contributed by atoms with van der Waals surface area (Å²) in [7, 11) is 4.53. The summed E-state index contributed by atoms with van der Waals surface area (Å²) in [5, 5.41) is 3.63. The lowest BCUT2D eigenvalue weighted by Crippen LogP contribution is -2.43. The predicted octanol–water partition coefficient (Wildman–Crippen LogP) is 1.40. The number of nitrogens with zero attached hydrogens (tertiary/aromatic N) is 2. The van der Waals surface area contributed by atoms with E-state index in [-0.39, 0.29) is 0 Å². The van der Waals surface area contributed by atoms with Crippen molar-refractivity contribution in [1.29, 1.82) is 0 Å². The van der Waals surface area contributed by atoms with E-state index in [0.717, 1.165) is 18.5 Å². The molecule has 1 saturated carbocycles. The molecule has 0 bridgehead atoms. The van der Waals surface area contributed by atoms with E-state index in [1.165, 1.54) is 45.3 Å². The fraction of sp³-hybridized carbons (Fsp3) is 1.00. The zero-order valence-corrected chi connectivity index (χ0v) is 11.8. The van der Waals surface area contributed by atoms with Crippen molar-refractivity contribution in [2.24, 2.45) is 5.92 Å². The lowest BCUT2D eigenvalue weighted by atomic mass is 9.96. The highest BCUT2D eigenvalue weighted by Gasteiger charge is 2.23. The highest BCUT2D eigenvalue weighted by atomic mass is 15.2. The van der Waals surface area contributed by atoms with E-state index in [1.807, 2.05) is 0 Å². The number of rotatable bonds is 6. The summed E-state index contributed by atoms with van der Waals surface area (Å²) in [4.78, 5) is 5.00. The Hall–Kier alpha value is -0.120. The molecule has 0 radical (unpaired) electrons. The summed E-state index contributed by atoms with van der Waals surface area (Å²) in [5.41, 5.74) is 0. The van der Waals surface area contributed by atoms with Crippen LogP contribution in [0.4, 0.5) is 0 Å². The molecule has 2 aliphatic rings. The van der Waals surface area contributed by atoms with Crippen LogP contribution in [0.1, 0.15) is 32.6 Å². The molecule has 1 aliphatic heterocycles. The maximum absolute atomic E-state index is 3.63. The molecule has 0 amide bonds. The third-order valence-corrected chi connectivity index (χ3v) is 4.42. The molecule has 3 heteroatoms. The van der Waals surface area contributed by atoms with Crippen LogP contribution in [0.15, 0.2) is 0 Å². The standard InChI is InChI=1S/C14H29N3/c1-12(10-15-14-4-5-14)17(3)11-13-6-8-16(2)9-7-13/h12-15H,4-11H2,1-3H3. The van der Waals surface area contributed by atoms with Gasteiger partial charge in [-0.1, -0.05) is 0 Å². The van der Waals surface area contributed by atoms with Crippen molar-refractivity contribution in [2.75, 3.05) is 40.3 Å². The van der Waals surface area contributed by atoms with Gasteiger partial charge in [-0.25, -0.2) is 0 Å². The number of piperidine rings is 1. The molecule has 0 spiro atoms. The first-order valence-electron chi connectivity index (χ1n) is 7.27. The summed E-state index contributed by atoms with van der Waals surface area (Å²) in [5.74, 6) is 0.916. The van der Waals surface area contributed by atoms with Gasteiger partial charge < -0.3 is 15.1 Å². The summed E-state index contributed by atoms with van der Waals surface area (Å²) >= 11 is 0. The lowest BCUT2D eigenvalue weighted by Gasteiger charge is -2.34. The topological polar surface area (TPSA) is 18.5 Å². The average Bonchev–Trinajstić information content (AvgIpc) is 3.13. The molecule has 1 heterocycles. The summed E-state index contributed by atoms with van der Waals surface area (Å²) in [6.45, 7) is 7.36. The molecule has 0 aromatic carbocycles. The Labute approximate surface area is 107 Å². The van der Waals surface area contributed by atoms with Crippen molar-refractivity contribution in [3.8, 4) is 0 Å². The van der Waals surface area contributed by atoms with Gasteiger partial charge in [-0.2, -0.15) is 0 Å². The normalized spacial score (nSPS) is 25.4. The first-order valence-corrected chi connectivity index (χ1v) is 7.27. The zero-order chi connectivity index (χ0) is 12.3. The second kappa shape index (κ2) is 6.17. The lowest BCUT2D eigenvalue weighted by molar-refractivity contribution is 0.153. The molecule has 1 aliphatic carbocycles. The van der Waals surface area contributed by atoms with Crippen LogP contribution in [0.5, 0.6) is 0 Å². The van der Waals surface area contributed by atoms with Crippen LogP contribution in [0, 0.1) is 5.92 Å². The summed E-state index contributed by atoms with van der Waals surface area (Å²) in [6, 6.07) is 1.52. The number of hydrogen-bond acceptors (Lipinski definition) is 3. The van der Waals surface area contributed by atoms with E-state index in [0.29, 0.717) is 6.04 Å². The van der Waals surface area contributed by atoms with Gasteiger partial charge in [-0.15, -0.1) is 0 Å². The fourth-order valence-corrected chi connectivity index (χ4v) is 2.61. The second-order valence-electron chi connectivity index (χ2n) is 6.22. The van der Waals surface area contributed by atoms with Gasteiger partial charge in [0.25, 0.3) is 0 Å². The van der Waals surface area contributed by atoms with Gasteiger partial charge in [0.15, 0.2) is 0 Å². The molecule has 0 aromatic rings. The SMILES string of the molecule is CC(CNC1CC1)N(C)CC1CCN(C)CC1. The Bertz CT molecular complexity index is 220. The minimum absolute atomic E-state index is 0.676. The number of likely N-dealkylation sites (tertiary alicyclic amines) is 1. The Morgan fingerprint density at radius 3 is 2.47 bits per heavy atom. The second-order valence-corrected chi connectivity index (χ2v) is 6.22. The largest absolute Gasteiger partial charge is 0.312 e. The number of likely N-dealkylation sites (N-methyl/N-ethyl adjacent to an activating group) is 1. The monoisotopic (exact) mass is 239 g/mol. The van der Waals surface area contributed by atoms with Crippen molar-refractivity contribution in [1.82, 2.24) is 15.1 Å². The van der Waals surface area contributed by atoms with Crippen LogP contribution in [0.25, 0.3) is 0 Å². The Balaban J connectivity index is 1.62. The van der Waals surface area contributed by atoms with Gasteiger partial charge >= 0.3 is 0 Å². The van der Waals surface area contributed by atoms with E-state index in [9.17, 15) is 0 Å². The van der Waals surface area contributed by atoms with Crippen LogP contribution in [-0.2, 0) is 0 Å². The highest BCUT2D eigenvalue weighted by molar-refractivity contribution is 4.83. The van der Waals surface area contributed by atoms with Crippen LogP contribution in [0.3, 0.4) is 0 Å². The molecule has 1 saturated heterocycles. The van der Waals surface area contributed by atoms with Gasteiger partial charge in [0.1, 0.15) is 0 Å². The molecular weight excluding hydrogens is 210 g/mol. The van der Waals surface area contributed by atoms with Crippen LogP contribution < -0.4 is 5.32 Å². The Morgan fingerprint density at radius 2 is 1.88 bits per heavy atom.